The van der Waals surface area contributed by atoms with Gasteiger partial charge in [0.1, 0.15) is 17.3 Å². The van der Waals surface area contributed by atoms with Gasteiger partial charge in [0.25, 0.3) is 0 Å². The molecule has 2 aromatic rings. The average molecular weight is 415 g/mol. The van der Waals surface area contributed by atoms with Gasteiger partial charge in [0.05, 0.1) is 10.7 Å². The van der Waals surface area contributed by atoms with Crippen LogP contribution in [0.3, 0.4) is 0 Å². The summed E-state index contributed by atoms with van der Waals surface area (Å²) in [4.78, 5) is 3.28. The van der Waals surface area contributed by atoms with E-state index in [0.29, 0.717) is 6.42 Å². The number of isothiocyanates is 1. The normalized spacial score (nSPS) is 9.69. The highest BCUT2D eigenvalue weighted by Crippen LogP contribution is 2.23. The molecule has 0 aliphatic heterocycles. The van der Waals surface area contributed by atoms with E-state index in [9.17, 15) is 17.6 Å². The van der Waals surface area contributed by atoms with Crippen LogP contribution in [0.15, 0.2) is 29.3 Å². The van der Waals surface area contributed by atoms with E-state index in [4.69, 9.17) is 0 Å². The van der Waals surface area contributed by atoms with Crippen LogP contribution in [0.25, 0.3) is 0 Å². The van der Waals surface area contributed by atoms with Crippen LogP contribution < -0.4 is 0 Å². The van der Waals surface area contributed by atoms with Gasteiger partial charge in [0.15, 0.2) is 11.6 Å². The van der Waals surface area contributed by atoms with Crippen LogP contribution in [-0.4, -0.2) is 5.16 Å². The van der Waals surface area contributed by atoms with Crippen molar-refractivity contribution in [3.05, 3.63) is 64.2 Å². The summed E-state index contributed by atoms with van der Waals surface area (Å²) in [5.74, 6) is 6.46. The van der Waals surface area contributed by atoms with Gasteiger partial charge in [-0.3, -0.25) is 0 Å². The number of nitrogens with zero attached hydrogens (tertiary/aromatic N) is 1. The molecule has 0 atom stereocenters. The second kappa shape index (κ2) is 11.2. The number of halogens is 4. The van der Waals surface area contributed by atoms with Crippen LogP contribution in [-0.2, 0) is 0 Å². The molecule has 0 fully saturated rings. The number of unbranched alkanes of at least 4 members (excludes halogenated alkanes) is 4. The second-order valence-electron chi connectivity index (χ2n) is 6.17. The van der Waals surface area contributed by atoms with E-state index in [1.54, 1.807) is 0 Å². The number of hydrogen-bond acceptors (Lipinski definition) is 2. The van der Waals surface area contributed by atoms with E-state index in [0.717, 1.165) is 49.9 Å². The minimum absolute atomic E-state index is 0.0990. The Balaban J connectivity index is 2.22. The second-order valence-corrected chi connectivity index (χ2v) is 6.35. The molecule has 0 aromatic heterocycles. The van der Waals surface area contributed by atoms with Crippen molar-refractivity contribution in [2.24, 2.45) is 4.99 Å². The molecule has 0 saturated carbocycles. The third-order valence-electron chi connectivity index (χ3n) is 3.94. The summed E-state index contributed by atoms with van der Waals surface area (Å²) in [5.41, 5.74) is -0.987. The van der Waals surface area contributed by atoms with E-state index >= 15 is 0 Å². The van der Waals surface area contributed by atoms with Crippen LogP contribution in [0.5, 0.6) is 0 Å². The highest BCUT2D eigenvalue weighted by atomic mass is 32.1. The van der Waals surface area contributed by atoms with E-state index in [1.165, 1.54) is 0 Å². The maximum absolute atomic E-state index is 14.2. The summed E-state index contributed by atoms with van der Waals surface area (Å²) in [7, 11) is 0. The molecule has 0 bridgehead atoms. The van der Waals surface area contributed by atoms with E-state index in [2.05, 4.69) is 47.8 Å². The zero-order valence-electron chi connectivity index (χ0n) is 15.7. The van der Waals surface area contributed by atoms with E-state index < -0.39 is 34.5 Å². The third kappa shape index (κ3) is 6.57. The van der Waals surface area contributed by atoms with Gasteiger partial charge in [0.2, 0.25) is 0 Å². The van der Waals surface area contributed by atoms with Crippen LogP contribution >= 0.6 is 12.2 Å². The van der Waals surface area contributed by atoms with Gasteiger partial charge in [-0.2, -0.15) is 4.99 Å². The van der Waals surface area contributed by atoms with Crippen molar-refractivity contribution in [1.29, 1.82) is 0 Å². The van der Waals surface area contributed by atoms with Gasteiger partial charge in [-0.25, -0.2) is 17.6 Å². The zero-order valence-corrected chi connectivity index (χ0v) is 16.5. The fraction of sp³-hybridized carbons (Fsp3) is 0.261. The first kappa shape index (κ1) is 22.4. The van der Waals surface area contributed by atoms with Crippen LogP contribution in [0.4, 0.5) is 23.2 Å². The smallest absolute Gasteiger partial charge is 0.153 e. The molecule has 0 spiro atoms. The zero-order chi connectivity index (χ0) is 21.2. The number of rotatable bonds is 5. The lowest BCUT2D eigenvalue weighted by molar-refractivity contribution is 0.577. The average Bonchev–Trinajstić information content (AvgIpc) is 2.67. The summed E-state index contributed by atoms with van der Waals surface area (Å²) in [6, 6.07) is 3.97. The largest absolute Gasteiger partial charge is 0.205 e. The molecule has 2 aromatic carbocycles. The molecule has 0 unspecified atom stereocenters. The predicted octanol–water partition coefficient (Wildman–Crippen LogP) is 6.70. The first-order chi connectivity index (χ1) is 14.0. The summed E-state index contributed by atoms with van der Waals surface area (Å²) < 4.78 is 56.0. The Morgan fingerprint density at radius 3 is 1.97 bits per heavy atom. The Morgan fingerprint density at radius 2 is 1.38 bits per heavy atom. The highest BCUT2D eigenvalue weighted by molar-refractivity contribution is 7.78. The number of hydrogen-bond donors (Lipinski definition) is 0. The van der Waals surface area contributed by atoms with Gasteiger partial charge in [-0.15, -0.1) is 0 Å². The van der Waals surface area contributed by atoms with Crippen LogP contribution in [0, 0.1) is 47.0 Å². The van der Waals surface area contributed by atoms with Gasteiger partial charge in [0, 0.05) is 17.5 Å². The molecule has 6 heteroatoms. The fourth-order valence-electron chi connectivity index (χ4n) is 2.49. The highest BCUT2D eigenvalue weighted by Gasteiger charge is 2.11. The third-order valence-corrected chi connectivity index (χ3v) is 4.03. The maximum atomic E-state index is 14.2. The van der Waals surface area contributed by atoms with Gasteiger partial charge in [-0.1, -0.05) is 49.9 Å². The summed E-state index contributed by atoms with van der Waals surface area (Å²) in [6.45, 7) is 2.11. The SMILES string of the molecule is CCCCCCC#Cc1cc(F)c(C#Cc2cc(F)c(N=C=S)c(F)c2)c(F)c1. The molecule has 148 valence electrons. The van der Waals surface area contributed by atoms with E-state index in [1.807, 2.05) is 5.16 Å². The molecule has 0 N–H and O–H groups in total. The standard InChI is InChI=1S/C23H17F4NS/c1-2-3-4-5-6-7-8-16-11-19(24)18(20(25)12-16)10-9-17-13-21(26)23(28-15-29)22(27)14-17/h11-14H,2-6H2,1H3. The lowest BCUT2D eigenvalue weighted by Gasteiger charge is -2.00. The first-order valence-corrected chi connectivity index (χ1v) is 9.44. The molecular weight excluding hydrogens is 398 g/mol. The van der Waals surface area contributed by atoms with Crippen molar-refractivity contribution >= 4 is 23.1 Å². The molecule has 2 rings (SSSR count). The summed E-state index contributed by atoms with van der Waals surface area (Å²) >= 11 is 4.32. The number of aliphatic imine (C=N–C) groups is 1. The van der Waals surface area contributed by atoms with Crippen molar-refractivity contribution in [1.82, 2.24) is 0 Å². The quantitative estimate of drug-likeness (QED) is 0.174. The summed E-state index contributed by atoms with van der Waals surface area (Å²) in [6.07, 6.45) is 4.93. The number of thiocarbonyl (C=S) groups is 1. The molecule has 1 nitrogen and oxygen atoms in total. The van der Waals surface area contributed by atoms with Crippen molar-refractivity contribution in [3.8, 4) is 23.7 Å². The van der Waals surface area contributed by atoms with Gasteiger partial charge in [-0.05, 0) is 42.9 Å². The Labute approximate surface area is 172 Å². The Morgan fingerprint density at radius 1 is 0.793 bits per heavy atom. The van der Waals surface area contributed by atoms with Crippen LogP contribution in [0.1, 0.15) is 55.7 Å². The van der Waals surface area contributed by atoms with Gasteiger partial charge >= 0.3 is 0 Å². The van der Waals surface area contributed by atoms with Crippen molar-refractivity contribution in [3.63, 3.8) is 0 Å². The minimum atomic E-state index is -1.00. The Bertz CT molecular complexity index is 1020. The number of benzene rings is 2. The predicted molar refractivity (Wildman–Crippen MR) is 109 cm³/mol. The lowest BCUT2D eigenvalue weighted by atomic mass is 10.1. The lowest BCUT2D eigenvalue weighted by Crippen LogP contribution is -1.93. The van der Waals surface area contributed by atoms with Crippen molar-refractivity contribution < 1.29 is 17.6 Å². The fourth-order valence-corrected chi connectivity index (χ4v) is 2.59. The molecule has 0 saturated heterocycles. The molecule has 29 heavy (non-hydrogen) atoms. The monoisotopic (exact) mass is 415 g/mol. The molecule has 0 radical (unpaired) electrons. The molecule has 0 aliphatic rings. The Hall–Kier alpha value is -2.92. The Kier molecular flexibility index (Phi) is 8.62. The van der Waals surface area contributed by atoms with Gasteiger partial charge < -0.3 is 0 Å². The molecule has 0 heterocycles. The van der Waals surface area contributed by atoms with E-state index in [-0.39, 0.29) is 11.1 Å². The van der Waals surface area contributed by atoms with Crippen molar-refractivity contribution in [2.45, 2.75) is 39.0 Å². The minimum Gasteiger partial charge on any atom is -0.205 e. The molecular formula is C23H17F4NS. The topological polar surface area (TPSA) is 12.4 Å². The molecule has 0 amide bonds. The maximum Gasteiger partial charge on any atom is 0.153 e. The van der Waals surface area contributed by atoms with Crippen LogP contribution in [0.2, 0.25) is 0 Å². The first-order valence-electron chi connectivity index (χ1n) is 9.03. The molecule has 0 aliphatic carbocycles. The summed E-state index contributed by atoms with van der Waals surface area (Å²) in [5, 5.41) is 1.87. The van der Waals surface area contributed by atoms with Crippen molar-refractivity contribution in [2.75, 3.05) is 0 Å².